The Morgan fingerprint density at radius 2 is 1.78 bits per heavy atom. The minimum Gasteiger partial charge on any atom is -0.497 e. The number of rotatable bonds is 8. The molecule has 0 N–H and O–H groups in total. The van der Waals surface area contributed by atoms with Gasteiger partial charge in [-0.3, -0.25) is 9.69 Å². The van der Waals surface area contributed by atoms with Gasteiger partial charge in [-0.25, -0.2) is 4.98 Å². The first kappa shape index (κ1) is 24.5. The summed E-state index contributed by atoms with van der Waals surface area (Å²) in [5.74, 6) is 0.838. The van der Waals surface area contributed by atoms with E-state index in [2.05, 4.69) is 30.9 Å². The Kier molecular flexibility index (Phi) is 8.51. The van der Waals surface area contributed by atoms with Gasteiger partial charge < -0.3 is 9.64 Å². The van der Waals surface area contributed by atoms with Crippen molar-refractivity contribution in [3.63, 3.8) is 0 Å². The summed E-state index contributed by atoms with van der Waals surface area (Å²) >= 11 is 1.55. The molecule has 0 saturated heterocycles. The fourth-order valence-electron chi connectivity index (χ4n) is 4.22. The smallest absolute Gasteiger partial charge is 0.260 e. The van der Waals surface area contributed by atoms with E-state index in [0.717, 1.165) is 59.1 Å². The van der Waals surface area contributed by atoms with Gasteiger partial charge in [0.15, 0.2) is 5.13 Å². The van der Waals surface area contributed by atoms with Crippen LogP contribution in [0, 0.1) is 0 Å². The Hall–Kier alpha value is -2.15. The number of methoxy groups -OCH3 is 1. The summed E-state index contributed by atoms with van der Waals surface area (Å²) in [6.45, 7) is 7.69. The number of benzene rings is 2. The van der Waals surface area contributed by atoms with Gasteiger partial charge in [-0.15, -0.1) is 12.4 Å². The molecule has 1 aliphatic rings. The van der Waals surface area contributed by atoms with Crippen molar-refractivity contribution in [3.05, 3.63) is 53.1 Å². The van der Waals surface area contributed by atoms with Crippen LogP contribution in [-0.4, -0.2) is 49.1 Å². The number of carbonyl (C=O) groups is 1. The third-order valence-electron chi connectivity index (χ3n) is 6.19. The molecule has 1 aliphatic carbocycles. The van der Waals surface area contributed by atoms with Crippen LogP contribution in [0.15, 0.2) is 36.4 Å². The number of fused-ring (bicyclic) bond motifs is 2. The standard InChI is InChI=1S/C25H31N3O2S.ClH/c1-4-27(5-2)14-15-28(25-26-22-13-12-21(30-3)17-23(22)31-25)24(29)20-11-10-18-8-6-7-9-19(18)16-20;/h10-13,16-17H,4-9,14-15H2,1-3H3;1H. The van der Waals surface area contributed by atoms with E-state index in [9.17, 15) is 4.79 Å². The highest BCUT2D eigenvalue weighted by Gasteiger charge is 2.23. The molecule has 0 bridgehead atoms. The van der Waals surface area contributed by atoms with Crippen LogP contribution >= 0.6 is 23.7 Å². The van der Waals surface area contributed by atoms with Crippen molar-refractivity contribution in [2.24, 2.45) is 0 Å². The maximum absolute atomic E-state index is 13.7. The summed E-state index contributed by atoms with van der Waals surface area (Å²) in [6, 6.07) is 12.1. The maximum atomic E-state index is 13.7. The van der Waals surface area contributed by atoms with Crippen LogP contribution in [0.1, 0.15) is 48.2 Å². The number of aromatic nitrogens is 1. The summed E-state index contributed by atoms with van der Waals surface area (Å²) in [6.07, 6.45) is 4.63. The average Bonchev–Trinajstić information content (AvgIpc) is 3.24. The predicted octanol–water partition coefficient (Wildman–Crippen LogP) is 5.59. The Labute approximate surface area is 200 Å². The zero-order chi connectivity index (χ0) is 21.8. The van der Waals surface area contributed by atoms with Crippen molar-refractivity contribution in [2.75, 3.05) is 38.2 Å². The SMILES string of the molecule is CCN(CC)CCN(C(=O)c1ccc2c(c1)CCCC2)c1nc2ccc(OC)cc2s1.Cl. The monoisotopic (exact) mass is 473 g/mol. The molecule has 2 aromatic carbocycles. The zero-order valence-electron chi connectivity index (χ0n) is 19.1. The van der Waals surface area contributed by atoms with E-state index in [4.69, 9.17) is 9.72 Å². The molecule has 3 aromatic rings. The molecule has 172 valence electrons. The number of thiazole rings is 1. The van der Waals surface area contributed by atoms with Gasteiger partial charge in [0, 0.05) is 18.7 Å². The van der Waals surface area contributed by atoms with E-state index in [1.807, 2.05) is 29.2 Å². The molecule has 1 heterocycles. The van der Waals surface area contributed by atoms with E-state index < -0.39 is 0 Å². The number of amides is 1. The second-order valence-electron chi connectivity index (χ2n) is 8.00. The lowest BCUT2D eigenvalue weighted by atomic mass is 9.90. The van der Waals surface area contributed by atoms with Crippen molar-refractivity contribution < 1.29 is 9.53 Å². The zero-order valence-corrected chi connectivity index (χ0v) is 20.7. The lowest BCUT2D eigenvalue weighted by Crippen LogP contribution is -2.39. The molecule has 5 nitrogen and oxygen atoms in total. The number of hydrogen-bond acceptors (Lipinski definition) is 5. The molecule has 0 atom stereocenters. The van der Waals surface area contributed by atoms with Gasteiger partial charge in [0.1, 0.15) is 5.75 Å². The van der Waals surface area contributed by atoms with Gasteiger partial charge in [0.2, 0.25) is 0 Å². The van der Waals surface area contributed by atoms with Gasteiger partial charge in [-0.1, -0.05) is 31.3 Å². The molecule has 32 heavy (non-hydrogen) atoms. The van der Waals surface area contributed by atoms with Gasteiger partial charge in [-0.2, -0.15) is 0 Å². The average molecular weight is 474 g/mol. The van der Waals surface area contributed by atoms with Crippen LogP contribution in [-0.2, 0) is 12.8 Å². The first-order valence-corrected chi connectivity index (χ1v) is 12.0. The first-order chi connectivity index (χ1) is 15.1. The Bertz CT molecular complexity index is 1060. The molecular weight excluding hydrogens is 442 g/mol. The predicted molar refractivity (Wildman–Crippen MR) is 136 cm³/mol. The number of anilines is 1. The molecule has 4 rings (SSSR count). The van der Waals surface area contributed by atoms with Crippen molar-refractivity contribution >= 4 is 45.0 Å². The van der Waals surface area contributed by atoms with Gasteiger partial charge in [-0.05, 0) is 80.2 Å². The van der Waals surface area contributed by atoms with Crippen molar-refractivity contribution in [3.8, 4) is 5.75 Å². The topological polar surface area (TPSA) is 45.7 Å². The number of hydrogen-bond donors (Lipinski definition) is 0. The molecule has 0 saturated carbocycles. The van der Waals surface area contributed by atoms with Gasteiger partial charge in [0.25, 0.3) is 5.91 Å². The van der Waals surface area contributed by atoms with Crippen LogP contribution in [0.4, 0.5) is 5.13 Å². The Morgan fingerprint density at radius 1 is 1.03 bits per heavy atom. The number of aryl methyl sites for hydroxylation is 2. The lowest BCUT2D eigenvalue weighted by molar-refractivity contribution is 0.0983. The molecule has 0 unspecified atom stereocenters. The van der Waals surface area contributed by atoms with Crippen LogP contribution in [0.3, 0.4) is 0 Å². The van der Waals surface area contributed by atoms with Crippen molar-refractivity contribution in [1.29, 1.82) is 0 Å². The molecule has 1 aromatic heterocycles. The van der Waals surface area contributed by atoms with E-state index in [-0.39, 0.29) is 18.3 Å². The first-order valence-electron chi connectivity index (χ1n) is 11.2. The number of nitrogens with zero attached hydrogens (tertiary/aromatic N) is 3. The van der Waals surface area contributed by atoms with Crippen molar-refractivity contribution in [2.45, 2.75) is 39.5 Å². The summed E-state index contributed by atoms with van der Waals surface area (Å²) in [5.41, 5.74) is 4.38. The normalized spacial score (nSPS) is 13.0. The number of ether oxygens (including phenoxy) is 1. The summed E-state index contributed by atoms with van der Waals surface area (Å²) in [7, 11) is 1.67. The van der Waals surface area contributed by atoms with E-state index >= 15 is 0 Å². The highest BCUT2D eigenvalue weighted by molar-refractivity contribution is 7.22. The highest BCUT2D eigenvalue weighted by atomic mass is 35.5. The quantitative estimate of drug-likeness (QED) is 0.427. The maximum Gasteiger partial charge on any atom is 0.260 e. The number of halogens is 1. The molecule has 7 heteroatoms. The Morgan fingerprint density at radius 3 is 2.50 bits per heavy atom. The van der Waals surface area contributed by atoms with Gasteiger partial charge >= 0.3 is 0 Å². The minimum absolute atomic E-state index is 0. The minimum atomic E-state index is 0. The fraction of sp³-hybridized carbons (Fsp3) is 0.440. The summed E-state index contributed by atoms with van der Waals surface area (Å²) in [5, 5.41) is 0.748. The van der Waals surface area contributed by atoms with Gasteiger partial charge in [0.05, 0.1) is 17.3 Å². The number of carbonyl (C=O) groups excluding carboxylic acids is 1. The van der Waals surface area contributed by atoms with Crippen LogP contribution in [0.2, 0.25) is 0 Å². The number of likely N-dealkylation sites (N-methyl/N-ethyl adjacent to an activating group) is 1. The molecule has 0 spiro atoms. The summed E-state index contributed by atoms with van der Waals surface area (Å²) in [4.78, 5) is 22.7. The summed E-state index contributed by atoms with van der Waals surface area (Å²) < 4.78 is 6.39. The van der Waals surface area contributed by atoms with E-state index in [1.165, 1.54) is 24.0 Å². The van der Waals surface area contributed by atoms with Crippen molar-refractivity contribution in [1.82, 2.24) is 9.88 Å². The Balaban J connectivity index is 0.00000289. The largest absolute Gasteiger partial charge is 0.497 e. The van der Waals surface area contributed by atoms with E-state index in [0.29, 0.717) is 6.54 Å². The van der Waals surface area contributed by atoms with E-state index in [1.54, 1.807) is 18.4 Å². The van der Waals surface area contributed by atoms with Crippen LogP contribution < -0.4 is 9.64 Å². The molecule has 0 fully saturated rings. The molecule has 0 radical (unpaired) electrons. The molecule has 0 aliphatic heterocycles. The second-order valence-corrected chi connectivity index (χ2v) is 9.01. The molecule has 1 amide bonds. The highest BCUT2D eigenvalue weighted by Crippen LogP contribution is 2.32. The third-order valence-corrected chi connectivity index (χ3v) is 7.23. The van der Waals surface area contributed by atoms with Crippen LogP contribution in [0.25, 0.3) is 10.2 Å². The second kappa shape index (κ2) is 11.1. The molecular formula is C25H32ClN3O2S. The third kappa shape index (κ3) is 5.25. The van der Waals surface area contributed by atoms with Crippen LogP contribution in [0.5, 0.6) is 5.75 Å². The fourth-order valence-corrected chi connectivity index (χ4v) is 5.24. The lowest BCUT2D eigenvalue weighted by Gasteiger charge is -2.25.